The van der Waals surface area contributed by atoms with Crippen LogP contribution in [0.25, 0.3) is 0 Å². The first-order valence-electron chi connectivity index (χ1n) is 7.90. The van der Waals surface area contributed by atoms with Crippen LogP contribution in [-0.2, 0) is 13.2 Å². The van der Waals surface area contributed by atoms with E-state index < -0.39 is 0 Å². The van der Waals surface area contributed by atoms with Crippen LogP contribution < -0.4 is 15.4 Å². The Labute approximate surface area is 141 Å². The number of carbonyl (C=O) groups excluding carboxylic acids is 1. The average molecular weight is 329 g/mol. The summed E-state index contributed by atoms with van der Waals surface area (Å²) in [5, 5.41) is 14.4. The van der Waals surface area contributed by atoms with Gasteiger partial charge in [-0.25, -0.2) is 4.79 Å². The number of benzene rings is 1. The normalized spacial score (nSPS) is 11.6. The zero-order valence-electron chi connectivity index (χ0n) is 13.7. The molecule has 0 aliphatic heterocycles. The van der Waals surface area contributed by atoms with Crippen LogP contribution in [0.5, 0.6) is 5.75 Å². The van der Waals surface area contributed by atoms with E-state index in [4.69, 9.17) is 9.84 Å². The SMILES string of the molecule is CC(CO)CNC(=O)NCc1ccc(OCc2cccnc2)cc1. The minimum Gasteiger partial charge on any atom is -0.489 e. The Balaban J connectivity index is 1.72. The largest absolute Gasteiger partial charge is 0.489 e. The van der Waals surface area contributed by atoms with Gasteiger partial charge in [0, 0.05) is 37.7 Å². The number of aliphatic hydroxyl groups is 1. The molecule has 2 aromatic rings. The highest BCUT2D eigenvalue weighted by molar-refractivity contribution is 5.73. The van der Waals surface area contributed by atoms with Crippen LogP contribution in [0.1, 0.15) is 18.1 Å². The molecule has 1 atom stereocenters. The number of nitrogens with one attached hydrogen (secondary N) is 2. The molecule has 0 spiro atoms. The van der Waals surface area contributed by atoms with Crippen molar-refractivity contribution in [3.8, 4) is 5.75 Å². The van der Waals surface area contributed by atoms with E-state index in [2.05, 4.69) is 15.6 Å². The van der Waals surface area contributed by atoms with Crippen LogP contribution in [0.4, 0.5) is 4.79 Å². The molecule has 1 aromatic carbocycles. The van der Waals surface area contributed by atoms with Crippen LogP contribution >= 0.6 is 0 Å². The summed E-state index contributed by atoms with van der Waals surface area (Å²) >= 11 is 0. The van der Waals surface area contributed by atoms with Gasteiger partial charge in [0.15, 0.2) is 0 Å². The fourth-order valence-corrected chi connectivity index (χ4v) is 1.93. The van der Waals surface area contributed by atoms with E-state index >= 15 is 0 Å². The summed E-state index contributed by atoms with van der Waals surface area (Å²) in [5.41, 5.74) is 1.99. The van der Waals surface area contributed by atoms with Crippen molar-refractivity contribution in [3.63, 3.8) is 0 Å². The lowest BCUT2D eigenvalue weighted by Gasteiger charge is -2.11. The van der Waals surface area contributed by atoms with Gasteiger partial charge in [0.1, 0.15) is 12.4 Å². The molecule has 0 aliphatic carbocycles. The van der Waals surface area contributed by atoms with E-state index in [1.54, 1.807) is 12.4 Å². The molecule has 1 unspecified atom stereocenters. The third-order valence-corrected chi connectivity index (χ3v) is 3.43. The third kappa shape index (κ3) is 6.26. The highest BCUT2D eigenvalue weighted by Crippen LogP contribution is 2.14. The molecule has 6 heteroatoms. The molecule has 0 aliphatic rings. The van der Waals surface area contributed by atoms with Gasteiger partial charge < -0.3 is 20.5 Å². The Morgan fingerprint density at radius 2 is 2.00 bits per heavy atom. The van der Waals surface area contributed by atoms with Crippen molar-refractivity contribution < 1.29 is 14.6 Å². The number of amides is 2. The standard InChI is InChI=1S/C18H23N3O3/c1-14(12-22)9-20-18(23)21-11-15-4-6-17(7-5-15)24-13-16-3-2-8-19-10-16/h2-8,10,14,22H,9,11-13H2,1H3,(H2,20,21,23). The van der Waals surface area contributed by atoms with Crippen LogP contribution in [-0.4, -0.2) is 29.3 Å². The van der Waals surface area contributed by atoms with E-state index in [-0.39, 0.29) is 18.6 Å². The summed E-state index contributed by atoms with van der Waals surface area (Å²) in [7, 11) is 0. The molecule has 6 nitrogen and oxygen atoms in total. The van der Waals surface area contributed by atoms with Crippen molar-refractivity contribution in [2.45, 2.75) is 20.1 Å². The lowest BCUT2D eigenvalue weighted by molar-refractivity contribution is 0.222. The fraction of sp³-hybridized carbons (Fsp3) is 0.333. The number of urea groups is 1. The molecule has 0 saturated carbocycles. The highest BCUT2D eigenvalue weighted by Gasteiger charge is 2.04. The lowest BCUT2D eigenvalue weighted by Crippen LogP contribution is -2.38. The number of hydrogen-bond donors (Lipinski definition) is 3. The quantitative estimate of drug-likeness (QED) is 0.692. The molecule has 0 fully saturated rings. The Kier molecular flexibility index (Phi) is 7.04. The van der Waals surface area contributed by atoms with Gasteiger partial charge in [-0.2, -0.15) is 0 Å². The molecular formula is C18H23N3O3. The summed E-state index contributed by atoms with van der Waals surface area (Å²) < 4.78 is 5.69. The molecule has 0 bridgehead atoms. The molecule has 1 heterocycles. The predicted octanol–water partition coefficient (Wildman–Crippen LogP) is 2.09. The zero-order chi connectivity index (χ0) is 17.2. The third-order valence-electron chi connectivity index (χ3n) is 3.43. The van der Waals surface area contributed by atoms with Crippen LogP contribution in [0.2, 0.25) is 0 Å². The van der Waals surface area contributed by atoms with Gasteiger partial charge >= 0.3 is 6.03 Å². The van der Waals surface area contributed by atoms with Gasteiger partial charge in [-0.3, -0.25) is 4.98 Å². The summed E-state index contributed by atoms with van der Waals surface area (Å²) in [6, 6.07) is 11.2. The zero-order valence-corrected chi connectivity index (χ0v) is 13.7. The monoisotopic (exact) mass is 329 g/mol. The van der Waals surface area contributed by atoms with E-state index in [1.165, 1.54) is 0 Å². The minimum atomic E-state index is -0.243. The Morgan fingerprint density at radius 3 is 2.67 bits per heavy atom. The molecule has 128 valence electrons. The summed E-state index contributed by atoms with van der Waals surface area (Å²) in [4.78, 5) is 15.7. The number of hydrogen-bond acceptors (Lipinski definition) is 4. The maximum absolute atomic E-state index is 11.6. The second kappa shape index (κ2) is 9.52. The first kappa shape index (κ1) is 17.7. The van der Waals surface area contributed by atoms with Gasteiger partial charge in [-0.15, -0.1) is 0 Å². The van der Waals surface area contributed by atoms with Crippen molar-refractivity contribution in [2.24, 2.45) is 5.92 Å². The fourth-order valence-electron chi connectivity index (χ4n) is 1.93. The smallest absolute Gasteiger partial charge is 0.315 e. The summed E-state index contributed by atoms with van der Waals surface area (Å²) in [6.45, 7) is 3.27. The molecule has 1 aromatic heterocycles. The van der Waals surface area contributed by atoms with Gasteiger partial charge in [0.2, 0.25) is 0 Å². The Bertz CT molecular complexity index is 617. The molecular weight excluding hydrogens is 306 g/mol. The van der Waals surface area contributed by atoms with Crippen LogP contribution in [0.3, 0.4) is 0 Å². The van der Waals surface area contributed by atoms with Gasteiger partial charge in [-0.05, 0) is 29.7 Å². The lowest BCUT2D eigenvalue weighted by atomic mass is 10.2. The molecule has 0 saturated heterocycles. The number of nitrogens with zero attached hydrogens (tertiary/aromatic N) is 1. The average Bonchev–Trinajstić information content (AvgIpc) is 2.64. The maximum atomic E-state index is 11.6. The first-order chi connectivity index (χ1) is 11.7. The van der Waals surface area contributed by atoms with E-state index in [0.717, 1.165) is 16.9 Å². The van der Waals surface area contributed by atoms with Crippen LogP contribution in [0, 0.1) is 5.92 Å². The highest BCUT2D eigenvalue weighted by atomic mass is 16.5. The molecule has 24 heavy (non-hydrogen) atoms. The van der Waals surface area contributed by atoms with Gasteiger partial charge in [0.25, 0.3) is 0 Å². The Hall–Kier alpha value is -2.60. The second-order valence-corrected chi connectivity index (χ2v) is 5.65. The van der Waals surface area contributed by atoms with E-state index in [0.29, 0.717) is 19.7 Å². The number of aliphatic hydroxyl groups excluding tert-OH is 1. The van der Waals surface area contributed by atoms with Crippen molar-refractivity contribution in [1.29, 1.82) is 0 Å². The van der Waals surface area contributed by atoms with E-state index in [9.17, 15) is 4.79 Å². The number of aromatic nitrogens is 1. The van der Waals surface area contributed by atoms with Crippen molar-refractivity contribution >= 4 is 6.03 Å². The Morgan fingerprint density at radius 1 is 1.21 bits per heavy atom. The van der Waals surface area contributed by atoms with Crippen LogP contribution in [0.15, 0.2) is 48.8 Å². The number of pyridine rings is 1. The number of carbonyl (C=O) groups is 1. The van der Waals surface area contributed by atoms with Crippen molar-refractivity contribution in [1.82, 2.24) is 15.6 Å². The van der Waals surface area contributed by atoms with Gasteiger partial charge in [-0.1, -0.05) is 25.1 Å². The topological polar surface area (TPSA) is 83.5 Å². The predicted molar refractivity (Wildman–Crippen MR) is 91.5 cm³/mol. The number of rotatable bonds is 8. The molecule has 3 N–H and O–H groups in total. The van der Waals surface area contributed by atoms with Crippen molar-refractivity contribution in [2.75, 3.05) is 13.2 Å². The van der Waals surface area contributed by atoms with E-state index in [1.807, 2.05) is 43.3 Å². The maximum Gasteiger partial charge on any atom is 0.315 e. The van der Waals surface area contributed by atoms with Crippen molar-refractivity contribution in [3.05, 3.63) is 59.9 Å². The first-order valence-corrected chi connectivity index (χ1v) is 7.90. The summed E-state index contributed by atoms with van der Waals surface area (Å²) in [5.74, 6) is 0.816. The molecule has 2 amide bonds. The second-order valence-electron chi connectivity index (χ2n) is 5.65. The van der Waals surface area contributed by atoms with Gasteiger partial charge in [0.05, 0.1) is 0 Å². The molecule has 2 rings (SSSR count). The summed E-state index contributed by atoms with van der Waals surface area (Å²) in [6.07, 6.45) is 3.50. The minimum absolute atomic E-state index is 0.0481. The molecule has 0 radical (unpaired) electrons. The number of ether oxygens (including phenoxy) is 1.